The van der Waals surface area contributed by atoms with Crippen molar-refractivity contribution in [3.8, 4) is 6.07 Å². The Kier molecular flexibility index (Phi) is 1.97. The second kappa shape index (κ2) is 3.28. The Balaban J connectivity index is 2.35. The molecule has 0 amide bonds. The molecule has 13 heavy (non-hydrogen) atoms. The summed E-state index contributed by atoms with van der Waals surface area (Å²) >= 11 is 0. The van der Waals surface area contributed by atoms with Gasteiger partial charge in [0, 0.05) is 0 Å². The molecule has 1 unspecified atom stereocenters. The lowest BCUT2D eigenvalue weighted by atomic mass is 9.97. The molecule has 1 aromatic carbocycles. The first-order chi connectivity index (χ1) is 6.42. The molecule has 0 aromatic heterocycles. The van der Waals surface area contributed by atoms with Crippen LogP contribution in [0.25, 0.3) is 5.57 Å². The van der Waals surface area contributed by atoms with Gasteiger partial charge in [0.05, 0.1) is 12.0 Å². The Labute approximate surface area is 77.6 Å². The van der Waals surface area contributed by atoms with E-state index < -0.39 is 0 Å². The third-order valence-corrected chi connectivity index (χ3v) is 2.16. The summed E-state index contributed by atoms with van der Waals surface area (Å²) in [5.74, 6) is -0.0672. The lowest BCUT2D eigenvalue weighted by molar-refractivity contribution is 1.12. The van der Waals surface area contributed by atoms with E-state index in [1.165, 1.54) is 0 Å². The van der Waals surface area contributed by atoms with Crippen LogP contribution in [0.2, 0.25) is 0 Å². The normalized spacial score (nSPS) is 19.6. The van der Waals surface area contributed by atoms with Gasteiger partial charge in [0.15, 0.2) is 0 Å². The molecule has 0 saturated heterocycles. The standard InChI is InChI=1S/C12H9N/c13-9-11-7-4-8-12(11)10-5-2-1-3-6-10/h1-8,11H. The molecular weight excluding hydrogens is 158 g/mol. The first kappa shape index (κ1) is 7.82. The van der Waals surface area contributed by atoms with Gasteiger partial charge >= 0.3 is 0 Å². The summed E-state index contributed by atoms with van der Waals surface area (Å²) in [6.45, 7) is 0. The molecule has 62 valence electrons. The molecule has 1 heteroatoms. The van der Waals surface area contributed by atoms with Crippen molar-refractivity contribution in [1.82, 2.24) is 0 Å². The minimum atomic E-state index is -0.0672. The number of nitriles is 1. The zero-order valence-electron chi connectivity index (χ0n) is 7.14. The van der Waals surface area contributed by atoms with Crippen LogP contribution in [0.3, 0.4) is 0 Å². The summed E-state index contributed by atoms with van der Waals surface area (Å²) in [5, 5.41) is 8.86. The number of rotatable bonds is 1. The van der Waals surface area contributed by atoms with Gasteiger partial charge < -0.3 is 0 Å². The third-order valence-electron chi connectivity index (χ3n) is 2.16. The van der Waals surface area contributed by atoms with Crippen molar-refractivity contribution in [1.29, 1.82) is 5.26 Å². The average Bonchev–Trinajstić information content (AvgIpc) is 2.67. The molecule has 0 spiro atoms. The fourth-order valence-electron chi connectivity index (χ4n) is 1.50. The minimum Gasteiger partial charge on any atom is -0.197 e. The van der Waals surface area contributed by atoms with E-state index in [1.54, 1.807) is 0 Å². The molecule has 1 aliphatic rings. The van der Waals surface area contributed by atoms with E-state index in [1.807, 2.05) is 48.6 Å². The Morgan fingerprint density at radius 1 is 1.15 bits per heavy atom. The summed E-state index contributed by atoms with van der Waals surface area (Å²) in [4.78, 5) is 0. The van der Waals surface area contributed by atoms with Gasteiger partial charge in [-0.05, 0) is 11.1 Å². The molecule has 0 saturated carbocycles. The molecule has 1 aliphatic carbocycles. The maximum absolute atomic E-state index is 8.86. The van der Waals surface area contributed by atoms with Gasteiger partial charge in [-0.15, -0.1) is 0 Å². The quantitative estimate of drug-likeness (QED) is 0.631. The molecule has 0 bridgehead atoms. The molecule has 1 aromatic rings. The van der Waals surface area contributed by atoms with Crippen molar-refractivity contribution in [3.63, 3.8) is 0 Å². The van der Waals surface area contributed by atoms with Crippen molar-refractivity contribution >= 4 is 5.57 Å². The van der Waals surface area contributed by atoms with Gasteiger partial charge in [0.2, 0.25) is 0 Å². The number of hydrogen-bond acceptors (Lipinski definition) is 1. The van der Waals surface area contributed by atoms with E-state index in [9.17, 15) is 0 Å². The maximum Gasteiger partial charge on any atom is 0.0902 e. The monoisotopic (exact) mass is 167 g/mol. The van der Waals surface area contributed by atoms with E-state index in [2.05, 4.69) is 6.07 Å². The van der Waals surface area contributed by atoms with E-state index in [0.717, 1.165) is 11.1 Å². The Morgan fingerprint density at radius 2 is 1.92 bits per heavy atom. The zero-order chi connectivity index (χ0) is 9.10. The predicted molar refractivity (Wildman–Crippen MR) is 52.7 cm³/mol. The third kappa shape index (κ3) is 1.39. The van der Waals surface area contributed by atoms with Crippen molar-refractivity contribution in [2.45, 2.75) is 0 Å². The summed E-state index contributed by atoms with van der Waals surface area (Å²) in [7, 11) is 0. The van der Waals surface area contributed by atoms with Gasteiger partial charge in [-0.3, -0.25) is 0 Å². The minimum absolute atomic E-state index is 0.0672. The summed E-state index contributed by atoms with van der Waals surface area (Å²) in [6.07, 6.45) is 5.86. The van der Waals surface area contributed by atoms with Gasteiger partial charge in [0.1, 0.15) is 0 Å². The SMILES string of the molecule is N#CC1C=CC=C1c1ccccc1. The molecular formula is C12H9N. The van der Waals surface area contributed by atoms with Crippen LogP contribution in [0, 0.1) is 17.2 Å². The van der Waals surface area contributed by atoms with Crippen molar-refractivity contribution in [3.05, 3.63) is 54.1 Å². The summed E-state index contributed by atoms with van der Waals surface area (Å²) < 4.78 is 0. The maximum atomic E-state index is 8.86. The smallest absolute Gasteiger partial charge is 0.0902 e. The van der Waals surface area contributed by atoms with Crippen LogP contribution in [0.1, 0.15) is 5.56 Å². The second-order valence-corrected chi connectivity index (χ2v) is 2.98. The zero-order valence-corrected chi connectivity index (χ0v) is 7.14. The highest BCUT2D eigenvalue weighted by Gasteiger charge is 2.14. The van der Waals surface area contributed by atoms with Gasteiger partial charge in [-0.1, -0.05) is 48.6 Å². The van der Waals surface area contributed by atoms with Crippen LogP contribution in [0.5, 0.6) is 0 Å². The number of allylic oxidation sites excluding steroid dienone is 4. The van der Waals surface area contributed by atoms with E-state index in [4.69, 9.17) is 5.26 Å². The predicted octanol–water partition coefficient (Wildman–Crippen LogP) is 2.78. The Bertz CT molecular complexity index is 393. The lowest BCUT2D eigenvalue weighted by Crippen LogP contribution is -1.92. The largest absolute Gasteiger partial charge is 0.197 e. The van der Waals surface area contributed by atoms with Gasteiger partial charge in [0.25, 0.3) is 0 Å². The molecule has 1 nitrogen and oxygen atoms in total. The van der Waals surface area contributed by atoms with Crippen LogP contribution < -0.4 is 0 Å². The fourth-order valence-corrected chi connectivity index (χ4v) is 1.50. The Hall–Kier alpha value is -1.81. The van der Waals surface area contributed by atoms with E-state index in [-0.39, 0.29) is 5.92 Å². The van der Waals surface area contributed by atoms with Crippen LogP contribution in [-0.4, -0.2) is 0 Å². The molecule has 2 rings (SSSR count). The van der Waals surface area contributed by atoms with Crippen LogP contribution >= 0.6 is 0 Å². The molecule has 0 fully saturated rings. The highest BCUT2D eigenvalue weighted by molar-refractivity contribution is 5.74. The molecule has 0 heterocycles. The Morgan fingerprint density at radius 3 is 2.62 bits per heavy atom. The van der Waals surface area contributed by atoms with E-state index in [0.29, 0.717) is 0 Å². The summed E-state index contributed by atoms with van der Waals surface area (Å²) in [5.41, 5.74) is 2.24. The highest BCUT2D eigenvalue weighted by Crippen LogP contribution is 2.28. The van der Waals surface area contributed by atoms with Crippen LogP contribution in [-0.2, 0) is 0 Å². The van der Waals surface area contributed by atoms with Crippen molar-refractivity contribution < 1.29 is 0 Å². The lowest BCUT2D eigenvalue weighted by Gasteiger charge is -2.05. The number of benzene rings is 1. The number of hydrogen-bond donors (Lipinski definition) is 0. The van der Waals surface area contributed by atoms with E-state index >= 15 is 0 Å². The second-order valence-electron chi connectivity index (χ2n) is 2.98. The topological polar surface area (TPSA) is 23.8 Å². The molecule has 0 N–H and O–H groups in total. The first-order valence-electron chi connectivity index (χ1n) is 4.25. The first-order valence-corrected chi connectivity index (χ1v) is 4.25. The van der Waals surface area contributed by atoms with Gasteiger partial charge in [-0.25, -0.2) is 0 Å². The molecule has 0 radical (unpaired) electrons. The molecule has 1 atom stereocenters. The fraction of sp³-hybridized carbons (Fsp3) is 0.0833. The highest BCUT2D eigenvalue weighted by atomic mass is 14.3. The summed E-state index contributed by atoms with van der Waals surface area (Å²) in [6, 6.07) is 12.3. The van der Waals surface area contributed by atoms with Crippen LogP contribution in [0.15, 0.2) is 48.6 Å². The number of nitrogens with zero attached hydrogens (tertiary/aromatic N) is 1. The van der Waals surface area contributed by atoms with Gasteiger partial charge in [-0.2, -0.15) is 5.26 Å². The van der Waals surface area contributed by atoms with Crippen LogP contribution in [0.4, 0.5) is 0 Å². The average molecular weight is 167 g/mol. The molecule has 0 aliphatic heterocycles. The van der Waals surface area contributed by atoms with Crippen molar-refractivity contribution in [2.24, 2.45) is 5.92 Å². The van der Waals surface area contributed by atoms with Crippen molar-refractivity contribution in [2.75, 3.05) is 0 Å².